The first kappa shape index (κ1) is 18.3. The summed E-state index contributed by atoms with van der Waals surface area (Å²) in [6, 6.07) is 11.0. The molecule has 0 aromatic heterocycles. The molecule has 3 N–H and O–H groups in total. The van der Waals surface area contributed by atoms with Gasteiger partial charge in [-0.25, -0.2) is 0 Å². The third-order valence-corrected chi connectivity index (χ3v) is 3.37. The number of rotatable bonds is 4. The van der Waals surface area contributed by atoms with Gasteiger partial charge < -0.3 is 20.7 Å². The van der Waals surface area contributed by atoms with Crippen LogP contribution in [0.5, 0.6) is 5.75 Å². The van der Waals surface area contributed by atoms with Crippen molar-refractivity contribution in [1.29, 1.82) is 0 Å². The highest BCUT2D eigenvalue weighted by Crippen LogP contribution is 2.27. The van der Waals surface area contributed by atoms with Gasteiger partial charge in [-0.1, -0.05) is 11.6 Å². The molecular weight excluding hydrogens is 346 g/mol. The summed E-state index contributed by atoms with van der Waals surface area (Å²) in [6.45, 7) is 1.39. The monoisotopic (exact) mass is 361 g/mol. The van der Waals surface area contributed by atoms with Crippen molar-refractivity contribution < 1.29 is 19.1 Å². The van der Waals surface area contributed by atoms with Gasteiger partial charge in [0.1, 0.15) is 5.75 Å². The van der Waals surface area contributed by atoms with Gasteiger partial charge in [-0.3, -0.25) is 14.4 Å². The normalized spacial score (nSPS) is 9.88. The van der Waals surface area contributed by atoms with E-state index >= 15 is 0 Å². The van der Waals surface area contributed by atoms with Crippen molar-refractivity contribution in [2.24, 2.45) is 0 Å². The SMILES string of the molecule is COc1ccc(NC(=O)C(=O)Nc2ccc(NC(C)=O)cc2)cc1Cl. The molecular formula is C17H16ClN3O4. The zero-order valence-electron chi connectivity index (χ0n) is 13.6. The smallest absolute Gasteiger partial charge is 0.314 e. The molecule has 7 nitrogen and oxygen atoms in total. The number of methoxy groups -OCH3 is 1. The fourth-order valence-electron chi connectivity index (χ4n) is 1.96. The van der Waals surface area contributed by atoms with Crippen LogP contribution in [0.1, 0.15) is 6.92 Å². The van der Waals surface area contributed by atoms with Gasteiger partial charge in [-0.05, 0) is 42.5 Å². The van der Waals surface area contributed by atoms with E-state index in [1.54, 1.807) is 36.4 Å². The maximum absolute atomic E-state index is 11.9. The summed E-state index contributed by atoms with van der Waals surface area (Å²) in [5.74, 6) is -1.41. The van der Waals surface area contributed by atoms with Gasteiger partial charge in [-0.15, -0.1) is 0 Å². The molecule has 8 heteroatoms. The summed E-state index contributed by atoms with van der Waals surface area (Å²) < 4.78 is 5.01. The molecule has 0 saturated heterocycles. The van der Waals surface area contributed by atoms with E-state index in [1.165, 1.54) is 20.1 Å². The molecule has 0 spiro atoms. The molecule has 0 atom stereocenters. The number of hydrogen-bond acceptors (Lipinski definition) is 4. The first-order valence-electron chi connectivity index (χ1n) is 7.22. The number of carbonyl (C=O) groups is 3. The predicted octanol–water partition coefficient (Wildman–Crippen LogP) is 2.88. The van der Waals surface area contributed by atoms with Crippen LogP contribution in [0, 0.1) is 0 Å². The third-order valence-electron chi connectivity index (χ3n) is 3.08. The number of halogens is 1. The molecule has 2 aromatic carbocycles. The maximum Gasteiger partial charge on any atom is 0.314 e. The molecule has 0 unspecified atom stereocenters. The molecule has 0 saturated carbocycles. The lowest BCUT2D eigenvalue weighted by molar-refractivity contribution is -0.132. The summed E-state index contributed by atoms with van der Waals surface area (Å²) in [5, 5.41) is 7.82. The van der Waals surface area contributed by atoms with Crippen molar-refractivity contribution in [2.45, 2.75) is 6.92 Å². The lowest BCUT2D eigenvalue weighted by Crippen LogP contribution is -2.29. The van der Waals surface area contributed by atoms with Crippen molar-refractivity contribution in [3.8, 4) is 5.75 Å². The van der Waals surface area contributed by atoms with Crippen LogP contribution in [0.3, 0.4) is 0 Å². The minimum absolute atomic E-state index is 0.200. The number of nitrogens with one attached hydrogen (secondary N) is 3. The molecule has 0 aliphatic heterocycles. The lowest BCUT2D eigenvalue weighted by Gasteiger charge is -2.09. The molecule has 25 heavy (non-hydrogen) atoms. The van der Waals surface area contributed by atoms with E-state index in [9.17, 15) is 14.4 Å². The van der Waals surface area contributed by atoms with Crippen LogP contribution >= 0.6 is 11.6 Å². The summed E-state index contributed by atoms with van der Waals surface area (Å²) in [7, 11) is 1.48. The predicted molar refractivity (Wildman–Crippen MR) is 96.0 cm³/mol. The van der Waals surface area contributed by atoms with E-state index in [-0.39, 0.29) is 5.91 Å². The Morgan fingerprint density at radius 3 is 1.80 bits per heavy atom. The Hall–Kier alpha value is -3.06. The van der Waals surface area contributed by atoms with Crippen LogP contribution in [0.2, 0.25) is 5.02 Å². The molecule has 0 heterocycles. The van der Waals surface area contributed by atoms with Crippen LogP contribution in [-0.4, -0.2) is 24.8 Å². The van der Waals surface area contributed by atoms with Gasteiger partial charge >= 0.3 is 11.8 Å². The maximum atomic E-state index is 11.9. The largest absolute Gasteiger partial charge is 0.495 e. The van der Waals surface area contributed by atoms with Crippen molar-refractivity contribution in [2.75, 3.05) is 23.1 Å². The number of benzene rings is 2. The zero-order chi connectivity index (χ0) is 18.4. The molecule has 0 bridgehead atoms. The van der Waals surface area contributed by atoms with E-state index in [2.05, 4.69) is 16.0 Å². The fourth-order valence-corrected chi connectivity index (χ4v) is 2.22. The molecule has 2 aromatic rings. The molecule has 0 aliphatic carbocycles. The second-order valence-corrected chi connectivity index (χ2v) is 5.42. The molecule has 0 fully saturated rings. The van der Waals surface area contributed by atoms with E-state index in [0.29, 0.717) is 27.8 Å². The van der Waals surface area contributed by atoms with E-state index < -0.39 is 11.8 Å². The van der Waals surface area contributed by atoms with E-state index in [1.807, 2.05) is 0 Å². The summed E-state index contributed by atoms with van der Waals surface area (Å²) >= 11 is 5.97. The van der Waals surface area contributed by atoms with Gasteiger partial charge in [0.25, 0.3) is 0 Å². The Balaban J connectivity index is 1.97. The summed E-state index contributed by atoms with van der Waals surface area (Å²) in [6.07, 6.45) is 0. The van der Waals surface area contributed by atoms with Gasteiger partial charge in [0.2, 0.25) is 5.91 Å². The van der Waals surface area contributed by atoms with Gasteiger partial charge in [0, 0.05) is 24.0 Å². The highest BCUT2D eigenvalue weighted by molar-refractivity contribution is 6.43. The number of ether oxygens (including phenoxy) is 1. The Morgan fingerprint density at radius 1 is 0.840 bits per heavy atom. The number of anilines is 3. The lowest BCUT2D eigenvalue weighted by atomic mass is 10.2. The van der Waals surface area contributed by atoms with Crippen LogP contribution in [-0.2, 0) is 14.4 Å². The Bertz CT molecular complexity index is 806. The molecule has 0 radical (unpaired) electrons. The van der Waals surface area contributed by atoms with Crippen molar-refractivity contribution in [3.05, 3.63) is 47.5 Å². The van der Waals surface area contributed by atoms with E-state index in [0.717, 1.165) is 0 Å². The van der Waals surface area contributed by atoms with Crippen LogP contribution in [0.15, 0.2) is 42.5 Å². The number of carbonyl (C=O) groups excluding carboxylic acids is 3. The molecule has 3 amide bonds. The van der Waals surface area contributed by atoms with Crippen LogP contribution in [0.25, 0.3) is 0 Å². The van der Waals surface area contributed by atoms with Crippen LogP contribution in [0.4, 0.5) is 17.1 Å². The Labute approximate surface area is 149 Å². The fraction of sp³-hybridized carbons (Fsp3) is 0.118. The van der Waals surface area contributed by atoms with E-state index in [4.69, 9.17) is 16.3 Å². The first-order chi connectivity index (χ1) is 11.9. The highest BCUT2D eigenvalue weighted by atomic mass is 35.5. The summed E-state index contributed by atoms with van der Waals surface area (Å²) in [5.41, 5.74) is 1.37. The second kappa shape index (κ2) is 8.16. The van der Waals surface area contributed by atoms with Gasteiger partial charge in [-0.2, -0.15) is 0 Å². The Kier molecular flexibility index (Phi) is 5.97. The minimum atomic E-state index is -0.841. The quantitative estimate of drug-likeness (QED) is 0.729. The average molecular weight is 362 g/mol. The number of amides is 3. The van der Waals surface area contributed by atoms with Crippen molar-refractivity contribution >= 4 is 46.4 Å². The van der Waals surface area contributed by atoms with Crippen LogP contribution < -0.4 is 20.7 Å². The topological polar surface area (TPSA) is 96.5 Å². The summed E-state index contributed by atoms with van der Waals surface area (Å²) in [4.78, 5) is 34.8. The standard InChI is InChI=1S/C17H16ClN3O4/c1-10(22)19-11-3-5-12(6-4-11)20-16(23)17(24)21-13-7-8-15(25-2)14(18)9-13/h3-9H,1-2H3,(H,19,22)(H,20,23)(H,21,24). The van der Waals surface area contributed by atoms with Gasteiger partial charge in [0.05, 0.1) is 12.1 Å². The van der Waals surface area contributed by atoms with Crippen molar-refractivity contribution in [3.63, 3.8) is 0 Å². The van der Waals surface area contributed by atoms with Crippen molar-refractivity contribution in [1.82, 2.24) is 0 Å². The average Bonchev–Trinajstić information content (AvgIpc) is 2.56. The molecule has 0 aliphatic rings. The Morgan fingerprint density at radius 2 is 1.32 bits per heavy atom. The highest BCUT2D eigenvalue weighted by Gasteiger charge is 2.15. The molecule has 130 valence electrons. The third kappa shape index (κ3) is 5.22. The zero-order valence-corrected chi connectivity index (χ0v) is 14.3. The second-order valence-electron chi connectivity index (χ2n) is 5.02. The minimum Gasteiger partial charge on any atom is -0.495 e. The molecule has 2 rings (SSSR count). The van der Waals surface area contributed by atoms with Gasteiger partial charge in [0.15, 0.2) is 0 Å². The first-order valence-corrected chi connectivity index (χ1v) is 7.60. The number of hydrogen-bond donors (Lipinski definition) is 3.